The Labute approximate surface area is 95.8 Å². The van der Waals surface area contributed by atoms with Gasteiger partial charge in [0.25, 0.3) is 0 Å². The maximum absolute atomic E-state index is 4.96. The first kappa shape index (κ1) is 11.1. The largest absolute Gasteiger partial charge is 0.411 e. The number of hydrogen-bond donors (Lipinski definition) is 0. The van der Waals surface area contributed by atoms with Crippen LogP contribution >= 0.6 is 12.2 Å². The van der Waals surface area contributed by atoms with E-state index in [-0.39, 0.29) is 0 Å². The van der Waals surface area contributed by atoms with E-state index in [1.54, 1.807) is 0 Å². The molecule has 0 unspecified atom stereocenters. The maximum atomic E-state index is 4.96. The van der Waals surface area contributed by atoms with Crippen LogP contribution in [0.4, 0.5) is 5.69 Å². The summed E-state index contributed by atoms with van der Waals surface area (Å²) in [6.07, 6.45) is 2.71. The van der Waals surface area contributed by atoms with Gasteiger partial charge in [0.2, 0.25) is 0 Å². The number of hydrogen-bond acceptors (Lipinski definition) is 2. The molecule has 0 aromatic heterocycles. The minimum absolute atomic E-state index is 0.460. The summed E-state index contributed by atoms with van der Waals surface area (Å²) < 4.78 is 0.460. The van der Waals surface area contributed by atoms with Crippen molar-refractivity contribution >= 4 is 34.9 Å². The smallest absolute Gasteiger partial charge is 0.0430 e. The first-order valence-electron chi connectivity index (χ1n) is 4.30. The number of benzene rings is 1. The number of allylic oxidation sites excluding steroid dienone is 1. The molecule has 0 radical (unpaired) electrons. The van der Waals surface area contributed by atoms with Gasteiger partial charge >= 0.3 is 0 Å². The van der Waals surface area contributed by atoms with Crippen LogP contribution in [0.1, 0.15) is 5.56 Å². The van der Waals surface area contributed by atoms with Crippen molar-refractivity contribution in [2.24, 2.45) is 0 Å². The molecule has 0 fully saturated rings. The van der Waals surface area contributed by atoms with Gasteiger partial charge in [-0.15, -0.1) is 6.58 Å². The van der Waals surface area contributed by atoms with Gasteiger partial charge in [0.1, 0.15) is 0 Å². The predicted octanol–water partition coefficient (Wildman–Crippen LogP) is 2.68. The third-order valence-electron chi connectivity index (χ3n) is 1.99. The minimum Gasteiger partial charge on any atom is -0.411 e. The lowest BCUT2D eigenvalue weighted by atomic mass is 10.1. The van der Waals surface area contributed by atoms with Crippen LogP contribution in [0.25, 0.3) is 0 Å². The molecule has 1 aromatic carbocycles. The number of thiocarbonyl (C=S) groups is 1. The molecule has 3 heteroatoms. The van der Waals surface area contributed by atoms with Crippen LogP contribution in [0.2, 0.25) is 0 Å². The molecular formula is C11H12NS2-. The Balaban J connectivity index is 3.05. The second-order valence-electron chi connectivity index (χ2n) is 2.95. The number of para-hydroxylation sites is 1. The van der Waals surface area contributed by atoms with Crippen molar-refractivity contribution < 1.29 is 0 Å². The normalized spacial score (nSPS) is 9.50. The van der Waals surface area contributed by atoms with Crippen molar-refractivity contribution in [2.45, 2.75) is 6.42 Å². The fourth-order valence-electron chi connectivity index (χ4n) is 1.26. The monoisotopic (exact) mass is 222 g/mol. The third-order valence-corrected chi connectivity index (χ3v) is 2.54. The number of nitrogens with zero attached hydrogens (tertiary/aromatic N) is 1. The van der Waals surface area contributed by atoms with Crippen LogP contribution in [-0.4, -0.2) is 11.4 Å². The molecule has 1 aromatic rings. The molecule has 0 amide bonds. The topological polar surface area (TPSA) is 3.24 Å². The highest BCUT2D eigenvalue weighted by molar-refractivity contribution is 8.00. The van der Waals surface area contributed by atoms with Gasteiger partial charge in [-0.3, -0.25) is 0 Å². The summed E-state index contributed by atoms with van der Waals surface area (Å²) in [5.74, 6) is 0. The average molecular weight is 222 g/mol. The summed E-state index contributed by atoms with van der Waals surface area (Å²) >= 11 is 9.92. The van der Waals surface area contributed by atoms with Gasteiger partial charge in [-0.05, 0) is 18.1 Å². The third kappa shape index (κ3) is 2.53. The molecule has 0 saturated heterocycles. The van der Waals surface area contributed by atoms with Crippen LogP contribution in [0.3, 0.4) is 0 Å². The van der Waals surface area contributed by atoms with E-state index in [4.69, 9.17) is 24.8 Å². The van der Waals surface area contributed by atoms with E-state index < -0.39 is 0 Å². The van der Waals surface area contributed by atoms with Gasteiger partial charge in [-0.1, -0.05) is 28.6 Å². The summed E-state index contributed by atoms with van der Waals surface area (Å²) in [5, 5.41) is 0. The van der Waals surface area contributed by atoms with Crippen molar-refractivity contribution in [2.75, 3.05) is 11.9 Å². The van der Waals surface area contributed by atoms with Gasteiger partial charge in [-0.2, -0.15) is 0 Å². The highest BCUT2D eigenvalue weighted by atomic mass is 32.1. The second kappa shape index (κ2) is 5.08. The Bertz CT molecular complexity index is 347. The van der Waals surface area contributed by atoms with E-state index in [0.29, 0.717) is 4.32 Å². The number of rotatable bonds is 3. The zero-order valence-electron chi connectivity index (χ0n) is 8.06. The SMILES string of the molecule is C=CCc1ccccc1N(C)C(=S)[S-]. The zero-order valence-corrected chi connectivity index (χ0v) is 9.70. The van der Waals surface area contributed by atoms with E-state index in [2.05, 4.69) is 12.6 Å². The molecule has 14 heavy (non-hydrogen) atoms. The van der Waals surface area contributed by atoms with E-state index in [9.17, 15) is 0 Å². The summed E-state index contributed by atoms with van der Waals surface area (Å²) in [6.45, 7) is 3.72. The van der Waals surface area contributed by atoms with Gasteiger partial charge in [0, 0.05) is 12.7 Å². The molecule has 0 aliphatic carbocycles. The Morgan fingerprint density at radius 1 is 1.57 bits per heavy atom. The van der Waals surface area contributed by atoms with Crippen LogP contribution in [-0.2, 0) is 19.0 Å². The second-order valence-corrected chi connectivity index (χ2v) is 3.98. The molecule has 0 saturated carbocycles. The van der Waals surface area contributed by atoms with Gasteiger partial charge < -0.3 is 29.7 Å². The molecule has 0 heterocycles. The van der Waals surface area contributed by atoms with Crippen molar-refractivity contribution in [1.29, 1.82) is 0 Å². The number of anilines is 1. The Hall–Kier alpha value is -0.930. The molecular weight excluding hydrogens is 210 g/mol. The lowest BCUT2D eigenvalue weighted by molar-refractivity contribution is 1.20. The van der Waals surface area contributed by atoms with Crippen LogP contribution < -0.4 is 4.90 Å². The lowest BCUT2D eigenvalue weighted by Gasteiger charge is -2.25. The highest BCUT2D eigenvalue weighted by Crippen LogP contribution is 2.20. The summed E-state index contributed by atoms with van der Waals surface area (Å²) in [4.78, 5) is 1.84. The summed E-state index contributed by atoms with van der Waals surface area (Å²) in [6, 6.07) is 8.05. The molecule has 0 bridgehead atoms. The average Bonchev–Trinajstić information content (AvgIpc) is 2.18. The summed E-state index contributed by atoms with van der Waals surface area (Å²) in [7, 11) is 1.89. The van der Waals surface area contributed by atoms with Gasteiger partial charge in [0.05, 0.1) is 0 Å². The molecule has 74 valence electrons. The van der Waals surface area contributed by atoms with Crippen molar-refractivity contribution in [1.82, 2.24) is 0 Å². The highest BCUT2D eigenvalue weighted by Gasteiger charge is 2.03. The molecule has 1 nitrogen and oxygen atoms in total. The first-order valence-corrected chi connectivity index (χ1v) is 5.12. The zero-order chi connectivity index (χ0) is 10.6. The Morgan fingerprint density at radius 2 is 2.21 bits per heavy atom. The van der Waals surface area contributed by atoms with E-state index >= 15 is 0 Å². The van der Waals surface area contributed by atoms with E-state index in [0.717, 1.165) is 12.1 Å². The van der Waals surface area contributed by atoms with Gasteiger partial charge in [0.15, 0.2) is 0 Å². The van der Waals surface area contributed by atoms with Crippen molar-refractivity contribution in [3.05, 3.63) is 42.5 Å². The van der Waals surface area contributed by atoms with E-state index in [1.165, 1.54) is 5.56 Å². The molecule has 0 aliphatic heterocycles. The van der Waals surface area contributed by atoms with Gasteiger partial charge in [-0.25, -0.2) is 0 Å². The first-order chi connectivity index (χ1) is 6.66. The molecule has 0 aliphatic rings. The lowest BCUT2D eigenvalue weighted by Crippen LogP contribution is -2.22. The summed E-state index contributed by atoms with van der Waals surface area (Å²) in [5.41, 5.74) is 2.25. The Morgan fingerprint density at radius 3 is 2.79 bits per heavy atom. The fourth-order valence-corrected chi connectivity index (χ4v) is 1.46. The molecule has 0 atom stereocenters. The minimum atomic E-state index is 0.460. The Kier molecular flexibility index (Phi) is 4.04. The van der Waals surface area contributed by atoms with Crippen molar-refractivity contribution in [3.8, 4) is 0 Å². The van der Waals surface area contributed by atoms with E-state index in [1.807, 2.05) is 36.2 Å². The quantitative estimate of drug-likeness (QED) is 0.440. The van der Waals surface area contributed by atoms with Crippen LogP contribution in [0, 0.1) is 0 Å². The van der Waals surface area contributed by atoms with Crippen molar-refractivity contribution in [3.63, 3.8) is 0 Å². The maximum Gasteiger partial charge on any atom is 0.0430 e. The van der Waals surface area contributed by atoms with Crippen LogP contribution in [0.5, 0.6) is 0 Å². The molecule has 0 spiro atoms. The fraction of sp³-hybridized carbons (Fsp3) is 0.182. The predicted molar refractivity (Wildman–Crippen MR) is 68.7 cm³/mol. The molecule has 0 N–H and O–H groups in total. The molecule has 1 rings (SSSR count). The van der Waals surface area contributed by atoms with Crippen LogP contribution in [0.15, 0.2) is 36.9 Å². The standard InChI is InChI=1S/C11H13NS2/c1-3-6-9-7-4-5-8-10(9)12(2)11(13)14/h3-5,7-8H,1,6H2,2H3,(H,13,14)/p-1.